The van der Waals surface area contributed by atoms with Crippen molar-refractivity contribution >= 4 is 92.7 Å². The van der Waals surface area contributed by atoms with Gasteiger partial charge in [-0.05, 0) is 24.3 Å². The highest BCUT2D eigenvalue weighted by molar-refractivity contribution is 7.99. The van der Waals surface area contributed by atoms with Crippen molar-refractivity contribution in [1.82, 2.24) is 0 Å². The minimum atomic E-state index is -0.542. The van der Waals surface area contributed by atoms with E-state index < -0.39 is 9.85 Å². The van der Waals surface area contributed by atoms with Crippen molar-refractivity contribution in [3.8, 4) is 22.3 Å². The van der Waals surface area contributed by atoms with Gasteiger partial charge in [0.05, 0.1) is 40.0 Å². The van der Waals surface area contributed by atoms with Gasteiger partial charge in [0.1, 0.15) is 0 Å². The normalized spacial score (nSPS) is 11.0. The number of nitro benzene ring substituents is 2. The highest BCUT2D eigenvalue weighted by Crippen LogP contribution is 2.48. The highest BCUT2D eigenvalue weighted by atomic mass is 35.5. The Hall–Kier alpha value is -2.23. The molecule has 188 valence electrons. The maximum atomic E-state index is 11.0. The molecule has 6 nitrogen and oxygen atoms in total. The summed E-state index contributed by atoms with van der Waals surface area (Å²) in [5.74, 6) is 0. The first-order valence-corrected chi connectivity index (χ1v) is 13.1. The van der Waals surface area contributed by atoms with Crippen LogP contribution in [0, 0.1) is 20.2 Å². The van der Waals surface area contributed by atoms with Gasteiger partial charge < -0.3 is 0 Å². The summed E-state index contributed by atoms with van der Waals surface area (Å²) in [5.41, 5.74) is 1.69. The van der Waals surface area contributed by atoms with Gasteiger partial charge in [-0.15, -0.1) is 0 Å². The largest absolute Gasteiger partial charge is 0.270 e. The van der Waals surface area contributed by atoms with E-state index in [4.69, 9.17) is 69.6 Å². The number of benzene rings is 4. The number of hydrogen-bond acceptors (Lipinski definition) is 5. The molecule has 4 aromatic rings. The minimum Gasteiger partial charge on any atom is -0.258 e. The van der Waals surface area contributed by atoms with E-state index in [2.05, 4.69) is 0 Å². The Kier molecular flexibility index (Phi) is 8.45. The predicted octanol–water partition coefficient (Wildman–Crippen LogP) is 10.9. The molecule has 0 unspecified atom stereocenters. The second kappa shape index (κ2) is 11.3. The van der Waals surface area contributed by atoms with Crippen LogP contribution < -0.4 is 0 Å². The molecule has 4 aromatic carbocycles. The van der Waals surface area contributed by atoms with Crippen LogP contribution in [0.2, 0.25) is 30.1 Å². The molecule has 0 fully saturated rings. The molecule has 0 saturated carbocycles. The summed E-state index contributed by atoms with van der Waals surface area (Å²) in [6.07, 6.45) is 0. The van der Waals surface area contributed by atoms with E-state index in [9.17, 15) is 20.2 Å². The number of non-ortho nitro benzene ring substituents is 2. The van der Waals surface area contributed by atoms with Crippen molar-refractivity contribution < 1.29 is 9.85 Å². The molecule has 0 aromatic heterocycles. The molecule has 4 rings (SSSR count). The summed E-state index contributed by atoms with van der Waals surface area (Å²) in [6.45, 7) is 0. The van der Waals surface area contributed by atoms with Gasteiger partial charge in [-0.3, -0.25) is 20.2 Å². The molecule has 0 amide bonds. The van der Waals surface area contributed by atoms with Gasteiger partial charge in [0.15, 0.2) is 0 Å². The lowest BCUT2D eigenvalue weighted by Crippen LogP contribution is -1.91. The van der Waals surface area contributed by atoms with Gasteiger partial charge in [-0.2, -0.15) is 0 Å². The minimum absolute atomic E-state index is 0.145. The number of hydrogen-bond donors (Lipinski definition) is 0. The molecule has 0 heterocycles. The fraction of sp³-hybridized carbons (Fsp3) is 0. The Morgan fingerprint density at radius 3 is 1.19 bits per heavy atom. The van der Waals surface area contributed by atoms with Crippen LogP contribution >= 0.6 is 81.4 Å². The van der Waals surface area contributed by atoms with Crippen molar-refractivity contribution in [3.05, 3.63) is 111 Å². The smallest absolute Gasteiger partial charge is 0.258 e. The van der Waals surface area contributed by atoms with Crippen LogP contribution in [0.5, 0.6) is 0 Å². The van der Waals surface area contributed by atoms with Crippen LogP contribution in [0.15, 0.2) is 70.5 Å². The van der Waals surface area contributed by atoms with Crippen LogP contribution in [0.25, 0.3) is 22.3 Å². The van der Waals surface area contributed by atoms with E-state index >= 15 is 0 Å². The van der Waals surface area contributed by atoms with Gasteiger partial charge >= 0.3 is 0 Å². The average Bonchev–Trinajstić information content (AvgIpc) is 2.85. The topological polar surface area (TPSA) is 86.3 Å². The third-order valence-corrected chi connectivity index (χ3v) is 8.95. The van der Waals surface area contributed by atoms with Crippen LogP contribution in [-0.2, 0) is 0 Å². The van der Waals surface area contributed by atoms with Gasteiger partial charge in [-0.1, -0.05) is 93.5 Å². The highest BCUT2D eigenvalue weighted by Gasteiger charge is 2.20. The Balaban J connectivity index is 1.67. The summed E-state index contributed by atoms with van der Waals surface area (Å²) < 4.78 is 0. The fourth-order valence-electron chi connectivity index (χ4n) is 3.43. The van der Waals surface area contributed by atoms with E-state index in [-0.39, 0.29) is 41.5 Å². The molecular formula is C24H10Cl6N2O4S. The van der Waals surface area contributed by atoms with Crippen LogP contribution in [0.3, 0.4) is 0 Å². The second-order valence-corrected chi connectivity index (χ2v) is 10.8. The van der Waals surface area contributed by atoms with Crippen molar-refractivity contribution in [2.24, 2.45) is 0 Å². The summed E-state index contributed by atoms with van der Waals surface area (Å²) in [4.78, 5) is 22.1. The Morgan fingerprint density at radius 1 is 0.514 bits per heavy atom. The Bertz CT molecular complexity index is 1480. The van der Waals surface area contributed by atoms with Gasteiger partial charge in [-0.25, -0.2) is 0 Å². The van der Waals surface area contributed by atoms with Crippen molar-refractivity contribution in [1.29, 1.82) is 0 Å². The quantitative estimate of drug-likeness (QED) is 0.155. The Labute approximate surface area is 244 Å². The van der Waals surface area contributed by atoms with E-state index in [0.717, 1.165) is 0 Å². The molecule has 0 aliphatic rings. The monoisotopic (exact) mass is 632 g/mol. The maximum Gasteiger partial charge on any atom is 0.270 e. The number of halogens is 6. The lowest BCUT2D eigenvalue weighted by atomic mass is 10.1. The summed E-state index contributed by atoms with van der Waals surface area (Å²) in [5, 5.41) is 23.2. The standard InChI is InChI=1S/C24H10Cl6N2O4S/c25-17-9-11(31(33)34)1-3-13(17)15-5-7-19(23(29)21(15)27)37-20-8-6-16(22(28)24(20)30)14-4-2-12(32(35)36)10-18(14)26/h1-10H. The van der Waals surface area contributed by atoms with Crippen LogP contribution in [-0.4, -0.2) is 9.85 Å². The molecule has 0 spiro atoms. The maximum absolute atomic E-state index is 11.0. The molecule has 0 atom stereocenters. The lowest BCUT2D eigenvalue weighted by molar-refractivity contribution is -0.385. The van der Waals surface area contributed by atoms with E-state index in [1.165, 1.54) is 48.2 Å². The molecule has 0 aliphatic heterocycles. The second-order valence-electron chi connectivity index (χ2n) is 7.42. The summed E-state index contributed by atoms with van der Waals surface area (Å²) >= 11 is 39.9. The summed E-state index contributed by atoms with van der Waals surface area (Å²) in [7, 11) is 0. The average molecular weight is 635 g/mol. The third-order valence-electron chi connectivity index (χ3n) is 5.22. The van der Waals surface area contributed by atoms with E-state index in [0.29, 0.717) is 32.0 Å². The fourth-order valence-corrected chi connectivity index (χ4v) is 6.08. The van der Waals surface area contributed by atoms with Gasteiger partial charge in [0.25, 0.3) is 11.4 Å². The first-order valence-electron chi connectivity index (χ1n) is 10.0. The first kappa shape index (κ1) is 27.8. The van der Waals surface area contributed by atoms with Crippen molar-refractivity contribution in [2.75, 3.05) is 0 Å². The SMILES string of the molecule is O=[N+]([O-])c1ccc(-c2ccc(Sc3ccc(-c4ccc([N+](=O)[O-])cc4Cl)c(Cl)c3Cl)c(Cl)c2Cl)c(Cl)c1. The molecule has 0 N–H and O–H groups in total. The van der Waals surface area contributed by atoms with Gasteiger partial charge in [0, 0.05) is 56.3 Å². The number of nitrogens with zero attached hydrogens (tertiary/aromatic N) is 2. The lowest BCUT2D eigenvalue weighted by Gasteiger charge is -2.14. The summed E-state index contributed by atoms with van der Waals surface area (Å²) in [6, 6.07) is 15.0. The van der Waals surface area contributed by atoms with Crippen LogP contribution in [0.1, 0.15) is 0 Å². The Morgan fingerprint density at radius 2 is 0.865 bits per heavy atom. The van der Waals surface area contributed by atoms with Crippen molar-refractivity contribution in [2.45, 2.75) is 9.79 Å². The number of rotatable bonds is 6. The molecule has 0 bridgehead atoms. The van der Waals surface area contributed by atoms with Crippen molar-refractivity contribution in [3.63, 3.8) is 0 Å². The van der Waals surface area contributed by atoms with E-state index in [1.807, 2.05) is 0 Å². The molecule has 13 heteroatoms. The molecule has 0 radical (unpaired) electrons. The molecule has 37 heavy (non-hydrogen) atoms. The molecule has 0 saturated heterocycles. The van der Waals surface area contributed by atoms with Crippen LogP contribution in [0.4, 0.5) is 11.4 Å². The first-order chi connectivity index (χ1) is 17.5. The third kappa shape index (κ3) is 5.64. The number of nitro groups is 2. The van der Waals surface area contributed by atoms with Gasteiger partial charge in [0.2, 0.25) is 0 Å². The molecular weight excluding hydrogens is 625 g/mol. The predicted molar refractivity (Wildman–Crippen MR) is 151 cm³/mol. The zero-order valence-electron chi connectivity index (χ0n) is 18.0. The zero-order valence-corrected chi connectivity index (χ0v) is 23.3. The molecule has 0 aliphatic carbocycles. The zero-order chi connectivity index (χ0) is 27.0. The van der Waals surface area contributed by atoms with E-state index in [1.54, 1.807) is 24.3 Å².